The molecular formula is C16H19N5O2. The Balaban J connectivity index is 1.85. The predicted molar refractivity (Wildman–Crippen MR) is 83.7 cm³/mol. The molecule has 3 heterocycles. The molecule has 3 rings (SSSR count). The van der Waals surface area contributed by atoms with Gasteiger partial charge in [-0.2, -0.15) is 5.10 Å². The molecule has 7 nitrogen and oxygen atoms in total. The normalized spacial score (nSPS) is 16.8. The molecule has 0 bridgehead atoms. The lowest BCUT2D eigenvalue weighted by Gasteiger charge is -2.33. The predicted octanol–water partition coefficient (Wildman–Crippen LogP) is 0.920. The van der Waals surface area contributed by atoms with Crippen molar-refractivity contribution in [2.24, 2.45) is 0 Å². The van der Waals surface area contributed by atoms with Gasteiger partial charge < -0.3 is 10.2 Å². The second-order valence-electron chi connectivity index (χ2n) is 5.65. The van der Waals surface area contributed by atoms with E-state index >= 15 is 0 Å². The Hall–Kier alpha value is -2.70. The van der Waals surface area contributed by atoms with Crippen LogP contribution in [0.1, 0.15) is 34.3 Å². The second kappa shape index (κ2) is 6.20. The minimum absolute atomic E-state index is 0.0700. The van der Waals surface area contributed by atoms with E-state index < -0.39 is 0 Å². The first-order valence-electron chi connectivity index (χ1n) is 7.54. The lowest BCUT2D eigenvalue weighted by molar-refractivity contribution is -0.121. The Labute approximate surface area is 134 Å². The second-order valence-corrected chi connectivity index (χ2v) is 5.65. The van der Waals surface area contributed by atoms with E-state index in [9.17, 15) is 9.59 Å². The Morgan fingerprint density at radius 2 is 2.17 bits per heavy atom. The number of carbonyl (C=O) groups excluding carboxylic acids is 2. The van der Waals surface area contributed by atoms with Crippen LogP contribution < -0.4 is 5.32 Å². The van der Waals surface area contributed by atoms with E-state index in [1.807, 2.05) is 29.8 Å². The summed E-state index contributed by atoms with van der Waals surface area (Å²) in [5.41, 5.74) is 2.16. The van der Waals surface area contributed by atoms with Gasteiger partial charge in [-0.1, -0.05) is 6.07 Å². The van der Waals surface area contributed by atoms with Crippen LogP contribution in [0.2, 0.25) is 0 Å². The minimum atomic E-state index is -0.164. The van der Waals surface area contributed by atoms with Crippen molar-refractivity contribution >= 4 is 11.8 Å². The molecule has 1 atom stereocenters. The maximum atomic E-state index is 12.7. The highest BCUT2D eigenvalue weighted by Crippen LogP contribution is 2.24. The van der Waals surface area contributed by atoms with E-state index in [0.717, 1.165) is 11.4 Å². The lowest BCUT2D eigenvalue weighted by Crippen LogP contribution is -2.43. The number of fused-ring (bicyclic) bond motifs is 1. The molecule has 23 heavy (non-hydrogen) atoms. The summed E-state index contributed by atoms with van der Waals surface area (Å²) in [4.78, 5) is 30.5. The van der Waals surface area contributed by atoms with Crippen LogP contribution in [-0.4, -0.2) is 45.1 Å². The zero-order chi connectivity index (χ0) is 16.4. The van der Waals surface area contributed by atoms with Crippen LogP contribution in [0.5, 0.6) is 0 Å². The maximum absolute atomic E-state index is 12.7. The summed E-state index contributed by atoms with van der Waals surface area (Å²) >= 11 is 0. The van der Waals surface area contributed by atoms with Crippen molar-refractivity contribution in [3.05, 3.63) is 47.5 Å². The van der Waals surface area contributed by atoms with E-state index in [1.165, 1.54) is 0 Å². The molecule has 0 aliphatic carbocycles. The van der Waals surface area contributed by atoms with Crippen molar-refractivity contribution in [3.63, 3.8) is 0 Å². The largest absolute Gasteiger partial charge is 0.359 e. The number of aryl methyl sites for hydroxylation is 1. The topological polar surface area (TPSA) is 80.1 Å². The average molecular weight is 313 g/mol. The van der Waals surface area contributed by atoms with Gasteiger partial charge in [0.1, 0.15) is 5.69 Å². The maximum Gasteiger partial charge on any atom is 0.272 e. The molecule has 0 fully saturated rings. The van der Waals surface area contributed by atoms with E-state index in [-0.39, 0.29) is 24.3 Å². The first-order chi connectivity index (χ1) is 11.1. The number of aromatic nitrogens is 3. The summed E-state index contributed by atoms with van der Waals surface area (Å²) in [6.45, 7) is 2.77. The SMILES string of the molecule is CNC(=O)C[C@@H]1CN(C(=O)c2cccc(C)n2)Cc2ccnn21. The van der Waals surface area contributed by atoms with Gasteiger partial charge in [0, 0.05) is 25.5 Å². The zero-order valence-corrected chi connectivity index (χ0v) is 13.2. The number of hydrogen-bond donors (Lipinski definition) is 1. The summed E-state index contributed by atoms with van der Waals surface area (Å²) in [6.07, 6.45) is 1.99. The summed E-state index contributed by atoms with van der Waals surface area (Å²) in [7, 11) is 1.61. The molecule has 2 amide bonds. The number of carbonyl (C=O) groups is 2. The average Bonchev–Trinajstić information content (AvgIpc) is 3.02. The molecule has 0 radical (unpaired) electrons. The van der Waals surface area contributed by atoms with Crippen molar-refractivity contribution in [2.75, 3.05) is 13.6 Å². The molecule has 120 valence electrons. The van der Waals surface area contributed by atoms with E-state index in [4.69, 9.17) is 0 Å². The van der Waals surface area contributed by atoms with Crippen molar-refractivity contribution in [2.45, 2.75) is 25.9 Å². The third kappa shape index (κ3) is 3.08. The number of amides is 2. The molecule has 0 aromatic carbocycles. The number of hydrogen-bond acceptors (Lipinski definition) is 4. The van der Waals surface area contributed by atoms with Gasteiger partial charge in [-0.15, -0.1) is 0 Å². The molecule has 0 unspecified atom stereocenters. The van der Waals surface area contributed by atoms with Crippen molar-refractivity contribution in [1.82, 2.24) is 25.0 Å². The lowest BCUT2D eigenvalue weighted by atomic mass is 10.1. The monoisotopic (exact) mass is 313 g/mol. The number of pyridine rings is 1. The van der Waals surface area contributed by atoms with Crippen LogP contribution in [0, 0.1) is 6.92 Å². The molecule has 1 aliphatic rings. The fraction of sp³-hybridized carbons (Fsp3) is 0.375. The molecule has 7 heteroatoms. The van der Waals surface area contributed by atoms with Crippen LogP contribution in [0.25, 0.3) is 0 Å². The Morgan fingerprint density at radius 1 is 1.35 bits per heavy atom. The van der Waals surface area contributed by atoms with Gasteiger partial charge in [0.25, 0.3) is 5.91 Å². The van der Waals surface area contributed by atoms with Crippen molar-refractivity contribution in [1.29, 1.82) is 0 Å². The highest BCUT2D eigenvalue weighted by atomic mass is 16.2. The van der Waals surface area contributed by atoms with Gasteiger partial charge in [0.15, 0.2) is 0 Å². The highest BCUT2D eigenvalue weighted by molar-refractivity contribution is 5.92. The van der Waals surface area contributed by atoms with Crippen LogP contribution in [-0.2, 0) is 11.3 Å². The van der Waals surface area contributed by atoms with Crippen LogP contribution in [0.4, 0.5) is 0 Å². The van der Waals surface area contributed by atoms with Crippen LogP contribution in [0.3, 0.4) is 0 Å². The van der Waals surface area contributed by atoms with E-state index in [0.29, 0.717) is 18.8 Å². The van der Waals surface area contributed by atoms with E-state index in [1.54, 1.807) is 24.2 Å². The van der Waals surface area contributed by atoms with Gasteiger partial charge in [0.05, 0.1) is 24.7 Å². The number of rotatable bonds is 3. The standard InChI is InChI=1S/C16H19N5O2/c1-11-4-3-5-14(19-11)16(23)20-9-12-6-7-18-21(12)13(10-20)8-15(22)17-2/h3-7,13H,8-10H2,1-2H3,(H,17,22)/t13-/m1/s1. The fourth-order valence-corrected chi connectivity index (χ4v) is 2.83. The Kier molecular flexibility index (Phi) is 4.10. The van der Waals surface area contributed by atoms with E-state index in [2.05, 4.69) is 15.4 Å². The Bertz CT molecular complexity index is 740. The summed E-state index contributed by atoms with van der Waals surface area (Å²) < 4.78 is 1.84. The van der Waals surface area contributed by atoms with Gasteiger partial charge >= 0.3 is 0 Å². The number of nitrogens with zero attached hydrogens (tertiary/aromatic N) is 4. The molecule has 0 saturated heterocycles. The summed E-state index contributed by atoms with van der Waals surface area (Å²) in [5.74, 6) is -0.192. The van der Waals surface area contributed by atoms with Crippen LogP contribution >= 0.6 is 0 Å². The third-order valence-electron chi connectivity index (χ3n) is 3.98. The molecule has 0 spiro atoms. The molecule has 0 saturated carbocycles. The van der Waals surface area contributed by atoms with Gasteiger partial charge in [0.2, 0.25) is 5.91 Å². The van der Waals surface area contributed by atoms with Crippen molar-refractivity contribution < 1.29 is 9.59 Å². The molecule has 2 aromatic rings. The fourth-order valence-electron chi connectivity index (χ4n) is 2.83. The quantitative estimate of drug-likeness (QED) is 0.914. The van der Waals surface area contributed by atoms with Crippen molar-refractivity contribution in [3.8, 4) is 0 Å². The molecule has 1 N–H and O–H groups in total. The summed E-state index contributed by atoms with van der Waals surface area (Å²) in [5, 5.41) is 6.91. The molecular weight excluding hydrogens is 294 g/mol. The number of nitrogens with one attached hydrogen (secondary N) is 1. The molecule has 1 aliphatic heterocycles. The first kappa shape index (κ1) is 15.2. The van der Waals surface area contributed by atoms with Crippen LogP contribution in [0.15, 0.2) is 30.5 Å². The zero-order valence-electron chi connectivity index (χ0n) is 13.2. The van der Waals surface area contributed by atoms with Gasteiger partial charge in [-0.05, 0) is 25.1 Å². The minimum Gasteiger partial charge on any atom is -0.359 e. The third-order valence-corrected chi connectivity index (χ3v) is 3.98. The molecule has 2 aromatic heterocycles. The van der Waals surface area contributed by atoms with Gasteiger partial charge in [-0.3, -0.25) is 14.3 Å². The highest BCUT2D eigenvalue weighted by Gasteiger charge is 2.30. The first-order valence-corrected chi connectivity index (χ1v) is 7.54. The summed E-state index contributed by atoms with van der Waals surface area (Å²) in [6, 6.07) is 7.11. The smallest absolute Gasteiger partial charge is 0.272 e. The Morgan fingerprint density at radius 3 is 2.91 bits per heavy atom. The van der Waals surface area contributed by atoms with Gasteiger partial charge in [-0.25, -0.2) is 4.98 Å².